The predicted molar refractivity (Wildman–Crippen MR) is 57.4 cm³/mol. The molecule has 1 fully saturated rings. The molecule has 1 aromatic rings. The monoisotopic (exact) mass is 237 g/mol. The highest BCUT2D eigenvalue weighted by molar-refractivity contribution is 6.06. The summed E-state index contributed by atoms with van der Waals surface area (Å²) in [4.78, 5) is 23.0. The standard InChI is InChI=1S/C12H12FNO3/c1-17-11(16)12(10(14)15)6-9(12)7-2-4-8(13)5-3-7/h2-5,9H,6H2,1H3,(H2,14,15). The van der Waals surface area contributed by atoms with Crippen molar-refractivity contribution in [1.82, 2.24) is 0 Å². The normalized spacial score (nSPS) is 26.4. The van der Waals surface area contributed by atoms with Gasteiger partial charge in [0.05, 0.1) is 7.11 Å². The first-order chi connectivity index (χ1) is 8.02. The molecule has 0 bridgehead atoms. The van der Waals surface area contributed by atoms with E-state index in [1.807, 2.05) is 0 Å². The Labute approximate surface area is 97.6 Å². The van der Waals surface area contributed by atoms with Gasteiger partial charge < -0.3 is 10.5 Å². The van der Waals surface area contributed by atoms with E-state index in [-0.39, 0.29) is 11.7 Å². The fraction of sp³-hybridized carbons (Fsp3) is 0.333. The van der Waals surface area contributed by atoms with Crippen molar-refractivity contribution in [3.63, 3.8) is 0 Å². The van der Waals surface area contributed by atoms with Gasteiger partial charge in [0.15, 0.2) is 5.41 Å². The molecule has 4 nitrogen and oxygen atoms in total. The smallest absolute Gasteiger partial charge is 0.322 e. The van der Waals surface area contributed by atoms with Crippen molar-refractivity contribution in [3.8, 4) is 0 Å². The molecule has 1 amide bonds. The van der Waals surface area contributed by atoms with Crippen molar-refractivity contribution < 1.29 is 18.7 Å². The third-order valence-electron chi connectivity index (χ3n) is 3.22. The van der Waals surface area contributed by atoms with Gasteiger partial charge in [0, 0.05) is 5.92 Å². The molecule has 1 saturated carbocycles. The number of carbonyl (C=O) groups excluding carboxylic acids is 2. The second kappa shape index (κ2) is 3.84. The molecule has 0 radical (unpaired) electrons. The number of benzene rings is 1. The number of hydrogen-bond acceptors (Lipinski definition) is 3. The van der Waals surface area contributed by atoms with E-state index in [0.717, 1.165) is 5.56 Å². The van der Waals surface area contributed by atoms with Gasteiger partial charge in [-0.15, -0.1) is 0 Å². The van der Waals surface area contributed by atoms with Crippen molar-refractivity contribution in [2.45, 2.75) is 12.3 Å². The van der Waals surface area contributed by atoms with Crippen LogP contribution in [0.3, 0.4) is 0 Å². The van der Waals surface area contributed by atoms with E-state index in [0.29, 0.717) is 6.42 Å². The minimum absolute atomic E-state index is 0.312. The Morgan fingerprint density at radius 1 is 1.41 bits per heavy atom. The zero-order valence-electron chi connectivity index (χ0n) is 9.27. The zero-order valence-corrected chi connectivity index (χ0v) is 9.27. The van der Waals surface area contributed by atoms with Crippen molar-refractivity contribution in [3.05, 3.63) is 35.6 Å². The lowest BCUT2D eigenvalue weighted by Gasteiger charge is -2.10. The van der Waals surface area contributed by atoms with Gasteiger partial charge in [0.2, 0.25) is 5.91 Å². The molecule has 2 atom stereocenters. The summed E-state index contributed by atoms with van der Waals surface area (Å²) in [5.41, 5.74) is 4.70. The van der Waals surface area contributed by atoms with Crippen molar-refractivity contribution in [2.24, 2.45) is 11.1 Å². The van der Waals surface area contributed by atoms with Crippen LogP contribution < -0.4 is 5.73 Å². The molecule has 0 spiro atoms. The summed E-state index contributed by atoms with van der Waals surface area (Å²) in [6.45, 7) is 0. The Hall–Kier alpha value is -1.91. The van der Waals surface area contributed by atoms with E-state index in [9.17, 15) is 14.0 Å². The second-order valence-electron chi connectivity index (χ2n) is 4.14. The molecule has 2 N–H and O–H groups in total. The van der Waals surface area contributed by atoms with Crippen molar-refractivity contribution >= 4 is 11.9 Å². The van der Waals surface area contributed by atoms with Gasteiger partial charge in [0.1, 0.15) is 5.82 Å². The SMILES string of the molecule is COC(=O)C1(C(N)=O)CC1c1ccc(F)cc1. The Morgan fingerprint density at radius 2 is 2.00 bits per heavy atom. The summed E-state index contributed by atoms with van der Waals surface area (Å²) in [5, 5.41) is 0. The maximum absolute atomic E-state index is 12.8. The van der Waals surface area contributed by atoms with Gasteiger partial charge >= 0.3 is 5.97 Å². The molecule has 0 heterocycles. The lowest BCUT2D eigenvalue weighted by Crippen LogP contribution is -2.34. The Bertz CT molecular complexity index is 471. The molecule has 2 rings (SSSR count). The highest BCUT2D eigenvalue weighted by atomic mass is 19.1. The molecule has 1 aromatic carbocycles. The van der Waals surface area contributed by atoms with Crippen LogP contribution in [0.5, 0.6) is 0 Å². The largest absolute Gasteiger partial charge is 0.468 e. The number of primary amides is 1. The minimum atomic E-state index is -1.27. The molecule has 1 aliphatic rings. The Kier molecular flexibility index (Phi) is 2.61. The molecule has 5 heteroatoms. The van der Waals surface area contributed by atoms with Gasteiger partial charge in [-0.1, -0.05) is 12.1 Å². The molecule has 2 unspecified atom stereocenters. The van der Waals surface area contributed by atoms with Crippen LogP contribution in [-0.2, 0) is 14.3 Å². The number of esters is 1. The van der Waals surface area contributed by atoms with Gasteiger partial charge in [-0.3, -0.25) is 9.59 Å². The second-order valence-corrected chi connectivity index (χ2v) is 4.14. The number of hydrogen-bond donors (Lipinski definition) is 1. The summed E-state index contributed by atoms with van der Waals surface area (Å²) in [5.74, 6) is -2.00. The number of nitrogens with two attached hydrogens (primary N) is 1. The van der Waals surface area contributed by atoms with Gasteiger partial charge in [-0.25, -0.2) is 4.39 Å². The number of methoxy groups -OCH3 is 1. The highest BCUT2D eigenvalue weighted by Crippen LogP contribution is 2.59. The average molecular weight is 237 g/mol. The van der Waals surface area contributed by atoms with E-state index >= 15 is 0 Å². The number of ether oxygens (including phenoxy) is 1. The summed E-state index contributed by atoms with van der Waals surface area (Å²) in [6.07, 6.45) is 0.320. The fourth-order valence-electron chi connectivity index (χ4n) is 2.14. The molecule has 0 aliphatic heterocycles. The summed E-state index contributed by atoms with van der Waals surface area (Å²) < 4.78 is 17.4. The third-order valence-corrected chi connectivity index (χ3v) is 3.22. The summed E-state index contributed by atoms with van der Waals surface area (Å²) in [7, 11) is 1.22. The van der Waals surface area contributed by atoms with Crippen LogP contribution in [0.1, 0.15) is 17.9 Å². The quantitative estimate of drug-likeness (QED) is 0.628. The lowest BCUT2D eigenvalue weighted by atomic mass is 9.98. The third kappa shape index (κ3) is 1.67. The minimum Gasteiger partial charge on any atom is -0.468 e. The van der Waals surface area contributed by atoms with Crippen LogP contribution >= 0.6 is 0 Å². The Balaban J connectivity index is 2.29. The average Bonchev–Trinajstić information content (AvgIpc) is 3.05. The fourth-order valence-corrected chi connectivity index (χ4v) is 2.14. The zero-order chi connectivity index (χ0) is 12.6. The topological polar surface area (TPSA) is 69.4 Å². The van der Waals surface area contributed by atoms with E-state index in [2.05, 4.69) is 4.74 Å². The lowest BCUT2D eigenvalue weighted by molar-refractivity contribution is -0.151. The van der Waals surface area contributed by atoms with Crippen LogP contribution in [-0.4, -0.2) is 19.0 Å². The number of carbonyl (C=O) groups is 2. The molecular weight excluding hydrogens is 225 g/mol. The first-order valence-electron chi connectivity index (χ1n) is 5.16. The van der Waals surface area contributed by atoms with Crippen LogP contribution in [0, 0.1) is 11.2 Å². The maximum Gasteiger partial charge on any atom is 0.322 e. The number of amides is 1. The number of halogens is 1. The first-order valence-corrected chi connectivity index (χ1v) is 5.16. The maximum atomic E-state index is 12.8. The Morgan fingerprint density at radius 3 is 2.47 bits per heavy atom. The van der Waals surface area contributed by atoms with Crippen LogP contribution in [0.4, 0.5) is 4.39 Å². The predicted octanol–water partition coefficient (Wildman–Crippen LogP) is 0.958. The highest BCUT2D eigenvalue weighted by Gasteiger charge is 2.66. The van der Waals surface area contributed by atoms with E-state index in [1.165, 1.54) is 19.2 Å². The molecule has 1 aliphatic carbocycles. The van der Waals surface area contributed by atoms with Crippen molar-refractivity contribution in [1.29, 1.82) is 0 Å². The van der Waals surface area contributed by atoms with E-state index in [1.54, 1.807) is 12.1 Å². The van der Waals surface area contributed by atoms with Crippen LogP contribution in [0.15, 0.2) is 24.3 Å². The van der Waals surface area contributed by atoms with Gasteiger partial charge in [-0.2, -0.15) is 0 Å². The van der Waals surface area contributed by atoms with Crippen LogP contribution in [0.25, 0.3) is 0 Å². The van der Waals surface area contributed by atoms with E-state index < -0.39 is 17.3 Å². The molecule has 0 aromatic heterocycles. The molecular formula is C12H12FNO3. The van der Waals surface area contributed by atoms with E-state index in [4.69, 9.17) is 5.73 Å². The van der Waals surface area contributed by atoms with Crippen LogP contribution in [0.2, 0.25) is 0 Å². The summed E-state index contributed by atoms with van der Waals surface area (Å²) in [6, 6.07) is 5.68. The number of rotatable bonds is 3. The van der Waals surface area contributed by atoms with Gasteiger partial charge in [-0.05, 0) is 24.1 Å². The molecule has 90 valence electrons. The first kappa shape index (κ1) is 11.6. The van der Waals surface area contributed by atoms with Gasteiger partial charge in [0.25, 0.3) is 0 Å². The van der Waals surface area contributed by atoms with Crippen molar-refractivity contribution in [2.75, 3.05) is 7.11 Å². The summed E-state index contributed by atoms with van der Waals surface area (Å²) >= 11 is 0. The molecule has 17 heavy (non-hydrogen) atoms. The molecule has 0 saturated heterocycles.